The molecule has 1 saturated heterocycles. The summed E-state index contributed by atoms with van der Waals surface area (Å²) < 4.78 is 54.2. The summed E-state index contributed by atoms with van der Waals surface area (Å²) in [6, 6.07) is 0.169. The molecule has 1 heterocycles. The van der Waals surface area contributed by atoms with Gasteiger partial charge in [-0.25, -0.2) is 22.6 Å². The van der Waals surface area contributed by atoms with Gasteiger partial charge in [0.2, 0.25) is 5.91 Å². The number of benzene rings is 1. The summed E-state index contributed by atoms with van der Waals surface area (Å²) in [6.45, 7) is 2.92. The highest BCUT2D eigenvalue weighted by atomic mass is 127. The number of likely N-dealkylation sites (tertiary alicyclic amines) is 1. The number of piperidine rings is 1. The van der Waals surface area contributed by atoms with E-state index in [0.29, 0.717) is 25.6 Å². The zero-order valence-corrected chi connectivity index (χ0v) is 17.2. The lowest BCUT2D eigenvalue weighted by atomic mass is 9.95. The standard InChI is InChI=1S/C17H22F4N4O.HI/c1-2-23-17(25-5-3-4-10(9-25)6-14(22)26)24-8-11-15(20)12(18)7-13(19)16(11)21;/h7,10H,2-6,8-9H2,1H3,(H2,22,26)(H,23,24);1H. The Bertz CT molecular complexity index is 676. The van der Waals surface area contributed by atoms with E-state index in [2.05, 4.69) is 10.3 Å². The fourth-order valence-electron chi connectivity index (χ4n) is 3.05. The highest BCUT2D eigenvalue weighted by Crippen LogP contribution is 2.22. The van der Waals surface area contributed by atoms with E-state index < -0.39 is 41.3 Å². The summed E-state index contributed by atoms with van der Waals surface area (Å²) in [6.07, 6.45) is 1.89. The summed E-state index contributed by atoms with van der Waals surface area (Å²) in [4.78, 5) is 17.1. The van der Waals surface area contributed by atoms with E-state index >= 15 is 0 Å². The molecule has 0 radical (unpaired) electrons. The Balaban J connectivity index is 0.00000364. The predicted octanol–water partition coefficient (Wildman–Crippen LogP) is 2.91. The van der Waals surface area contributed by atoms with E-state index in [-0.39, 0.29) is 42.4 Å². The topological polar surface area (TPSA) is 70.7 Å². The van der Waals surface area contributed by atoms with Gasteiger partial charge in [-0.3, -0.25) is 4.79 Å². The van der Waals surface area contributed by atoms with Crippen molar-refractivity contribution < 1.29 is 22.4 Å². The van der Waals surface area contributed by atoms with Crippen molar-refractivity contribution in [3.8, 4) is 0 Å². The Morgan fingerprint density at radius 3 is 2.48 bits per heavy atom. The number of aliphatic imine (C=N–C) groups is 1. The third kappa shape index (κ3) is 6.22. The largest absolute Gasteiger partial charge is 0.370 e. The van der Waals surface area contributed by atoms with Crippen LogP contribution in [-0.4, -0.2) is 36.4 Å². The van der Waals surface area contributed by atoms with Gasteiger partial charge in [0.05, 0.1) is 12.1 Å². The van der Waals surface area contributed by atoms with Crippen LogP contribution in [0.1, 0.15) is 31.7 Å². The average molecular weight is 502 g/mol. The molecule has 1 amide bonds. The number of nitrogens with two attached hydrogens (primary N) is 1. The minimum atomic E-state index is -1.46. The number of carbonyl (C=O) groups is 1. The fraction of sp³-hybridized carbons (Fsp3) is 0.529. The van der Waals surface area contributed by atoms with Crippen LogP contribution in [0.25, 0.3) is 0 Å². The number of nitrogens with zero attached hydrogens (tertiary/aromatic N) is 2. The molecule has 0 aromatic heterocycles. The van der Waals surface area contributed by atoms with Gasteiger partial charge < -0.3 is 16.0 Å². The van der Waals surface area contributed by atoms with E-state index in [1.54, 1.807) is 0 Å². The van der Waals surface area contributed by atoms with Crippen LogP contribution in [0.5, 0.6) is 0 Å². The van der Waals surface area contributed by atoms with Gasteiger partial charge in [0.25, 0.3) is 0 Å². The summed E-state index contributed by atoms with van der Waals surface area (Å²) >= 11 is 0. The van der Waals surface area contributed by atoms with Crippen molar-refractivity contribution in [2.45, 2.75) is 32.7 Å². The molecule has 1 fully saturated rings. The lowest BCUT2D eigenvalue weighted by Crippen LogP contribution is -2.47. The molecule has 0 spiro atoms. The summed E-state index contributed by atoms with van der Waals surface area (Å²) in [5.41, 5.74) is 4.48. The van der Waals surface area contributed by atoms with Crippen LogP contribution in [0.2, 0.25) is 0 Å². The van der Waals surface area contributed by atoms with Crippen molar-refractivity contribution in [3.63, 3.8) is 0 Å². The second kappa shape index (κ2) is 10.7. The van der Waals surface area contributed by atoms with Crippen LogP contribution >= 0.6 is 24.0 Å². The van der Waals surface area contributed by atoms with E-state index in [0.717, 1.165) is 12.8 Å². The molecule has 27 heavy (non-hydrogen) atoms. The molecular weight excluding hydrogens is 479 g/mol. The number of rotatable bonds is 5. The van der Waals surface area contributed by atoms with Gasteiger partial charge in [0.15, 0.2) is 29.2 Å². The number of nitrogens with one attached hydrogen (secondary N) is 1. The Morgan fingerprint density at radius 1 is 1.30 bits per heavy atom. The van der Waals surface area contributed by atoms with E-state index in [4.69, 9.17) is 5.73 Å². The van der Waals surface area contributed by atoms with Crippen LogP contribution in [0, 0.1) is 29.2 Å². The molecule has 0 bridgehead atoms. The minimum Gasteiger partial charge on any atom is -0.370 e. The molecule has 0 saturated carbocycles. The third-order valence-corrected chi connectivity index (χ3v) is 4.23. The summed E-state index contributed by atoms with van der Waals surface area (Å²) in [7, 11) is 0. The van der Waals surface area contributed by atoms with Gasteiger partial charge in [-0.05, 0) is 25.7 Å². The Morgan fingerprint density at radius 2 is 1.93 bits per heavy atom. The summed E-state index contributed by atoms with van der Waals surface area (Å²) in [5.74, 6) is -5.78. The zero-order chi connectivity index (χ0) is 19.3. The number of guanidine groups is 1. The van der Waals surface area contributed by atoms with Crippen molar-refractivity contribution in [3.05, 3.63) is 34.9 Å². The molecule has 1 unspecified atom stereocenters. The lowest BCUT2D eigenvalue weighted by Gasteiger charge is -2.34. The Labute approximate surface area is 172 Å². The molecule has 2 rings (SSSR count). The zero-order valence-electron chi connectivity index (χ0n) is 14.9. The van der Waals surface area contributed by atoms with Gasteiger partial charge in [0, 0.05) is 32.1 Å². The Hall–Kier alpha value is -1.59. The molecule has 3 N–H and O–H groups in total. The first-order valence-corrected chi connectivity index (χ1v) is 8.46. The average Bonchev–Trinajstić information content (AvgIpc) is 2.58. The van der Waals surface area contributed by atoms with Crippen LogP contribution in [-0.2, 0) is 11.3 Å². The molecule has 152 valence electrons. The van der Waals surface area contributed by atoms with Gasteiger partial charge in [-0.1, -0.05) is 0 Å². The van der Waals surface area contributed by atoms with Crippen molar-refractivity contribution >= 4 is 35.8 Å². The molecule has 1 aromatic rings. The quantitative estimate of drug-likeness (QED) is 0.214. The molecule has 1 aromatic carbocycles. The maximum atomic E-state index is 13.8. The first-order chi connectivity index (χ1) is 12.3. The summed E-state index contributed by atoms with van der Waals surface area (Å²) in [5, 5.41) is 2.99. The fourth-order valence-corrected chi connectivity index (χ4v) is 3.05. The molecule has 5 nitrogen and oxygen atoms in total. The first kappa shape index (κ1) is 23.4. The van der Waals surface area contributed by atoms with Gasteiger partial charge >= 0.3 is 0 Å². The Kier molecular flexibility index (Phi) is 9.27. The maximum Gasteiger partial charge on any atom is 0.217 e. The number of carbonyl (C=O) groups excluding carboxylic acids is 1. The van der Waals surface area contributed by atoms with Crippen molar-refractivity contribution in [2.24, 2.45) is 16.6 Å². The second-order valence-corrected chi connectivity index (χ2v) is 6.24. The smallest absolute Gasteiger partial charge is 0.217 e. The highest BCUT2D eigenvalue weighted by molar-refractivity contribution is 14.0. The molecular formula is C17H23F4IN4O. The molecule has 1 aliphatic heterocycles. The van der Waals surface area contributed by atoms with Crippen molar-refractivity contribution in [1.29, 1.82) is 0 Å². The second-order valence-electron chi connectivity index (χ2n) is 6.24. The van der Waals surface area contributed by atoms with Crippen molar-refractivity contribution in [1.82, 2.24) is 10.2 Å². The molecule has 0 aliphatic carbocycles. The SMILES string of the molecule is CCNC(=NCc1c(F)c(F)cc(F)c1F)N1CCCC(CC(N)=O)C1.I. The van der Waals surface area contributed by atoms with Crippen LogP contribution < -0.4 is 11.1 Å². The van der Waals surface area contributed by atoms with Crippen LogP contribution in [0.4, 0.5) is 17.6 Å². The molecule has 1 aliphatic rings. The van der Waals surface area contributed by atoms with E-state index in [1.807, 2.05) is 11.8 Å². The molecule has 1 atom stereocenters. The lowest BCUT2D eigenvalue weighted by molar-refractivity contribution is -0.119. The monoisotopic (exact) mass is 502 g/mol. The predicted molar refractivity (Wildman–Crippen MR) is 105 cm³/mol. The normalized spacial score (nSPS) is 17.4. The van der Waals surface area contributed by atoms with Gasteiger partial charge in [0.1, 0.15) is 0 Å². The third-order valence-electron chi connectivity index (χ3n) is 4.23. The molecule has 10 heteroatoms. The highest BCUT2D eigenvalue weighted by Gasteiger charge is 2.24. The van der Waals surface area contributed by atoms with E-state index in [9.17, 15) is 22.4 Å². The number of primary amides is 1. The van der Waals surface area contributed by atoms with Gasteiger partial charge in [-0.15, -0.1) is 24.0 Å². The van der Waals surface area contributed by atoms with Crippen LogP contribution in [0.3, 0.4) is 0 Å². The van der Waals surface area contributed by atoms with Gasteiger partial charge in [-0.2, -0.15) is 0 Å². The number of hydrogen-bond acceptors (Lipinski definition) is 2. The van der Waals surface area contributed by atoms with Crippen molar-refractivity contribution in [2.75, 3.05) is 19.6 Å². The van der Waals surface area contributed by atoms with E-state index in [1.165, 1.54) is 0 Å². The first-order valence-electron chi connectivity index (χ1n) is 8.46. The maximum absolute atomic E-state index is 13.8. The van der Waals surface area contributed by atoms with Crippen LogP contribution in [0.15, 0.2) is 11.1 Å². The number of hydrogen-bond donors (Lipinski definition) is 2. The number of amides is 1. The minimum absolute atomic E-state index is 0. The number of halogens is 5.